The Labute approximate surface area is 223 Å². The first kappa shape index (κ1) is 29.2. The number of likely N-dealkylation sites (N-methyl/N-ethyl adjacent to an activating group) is 1. The molecule has 0 spiro atoms. The van der Waals surface area contributed by atoms with Gasteiger partial charge in [0.1, 0.15) is 11.9 Å². The molecule has 0 aliphatic carbocycles. The van der Waals surface area contributed by atoms with Gasteiger partial charge < -0.3 is 14.7 Å². The smallest absolute Gasteiger partial charge is 0.261 e. The van der Waals surface area contributed by atoms with Crippen LogP contribution in [0.1, 0.15) is 19.4 Å². The number of anilines is 1. The van der Waals surface area contributed by atoms with Gasteiger partial charge in [-0.05, 0) is 49.4 Å². The number of sulfonamides is 2. The molecule has 0 aromatic heterocycles. The molecule has 2 aromatic carbocycles. The predicted molar refractivity (Wildman–Crippen MR) is 142 cm³/mol. The summed E-state index contributed by atoms with van der Waals surface area (Å²) in [5.41, 5.74) is 0.654. The van der Waals surface area contributed by atoms with Crippen molar-refractivity contribution in [3.8, 4) is 5.75 Å². The van der Waals surface area contributed by atoms with E-state index in [0.717, 1.165) is 6.26 Å². The van der Waals surface area contributed by atoms with Crippen molar-refractivity contribution in [3.63, 3.8) is 0 Å². The highest BCUT2D eigenvalue weighted by Gasteiger charge is 2.32. The SMILES string of the molecule is C[C@@H]1CN([C@H](C)CO)C(=O)Cc2cc(NS(=O)(=O)c3ccc(Cl)cc3)ccc2O[C@@H]1CN(C)S(C)(=O)=O. The summed E-state index contributed by atoms with van der Waals surface area (Å²) in [4.78, 5) is 14.8. The van der Waals surface area contributed by atoms with E-state index in [4.69, 9.17) is 16.3 Å². The van der Waals surface area contributed by atoms with Crippen molar-refractivity contribution < 1.29 is 31.5 Å². The van der Waals surface area contributed by atoms with Crippen molar-refractivity contribution in [1.82, 2.24) is 9.21 Å². The molecule has 13 heteroatoms. The Hall–Kier alpha value is -2.38. The van der Waals surface area contributed by atoms with E-state index in [2.05, 4.69) is 4.72 Å². The maximum absolute atomic E-state index is 13.3. The number of aliphatic hydroxyl groups is 1. The molecule has 2 aromatic rings. The minimum absolute atomic E-state index is 0.0217. The van der Waals surface area contributed by atoms with Gasteiger partial charge in [0.2, 0.25) is 15.9 Å². The summed E-state index contributed by atoms with van der Waals surface area (Å²) in [6.07, 6.45) is 0.385. The highest BCUT2D eigenvalue weighted by molar-refractivity contribution is 7.92. The van der Waals surface area contributed by atoms with E-state index >= 15 is 0 Å². The largest absolute Gasteiger partial charge is 0.488 e. The maximum atomic E-state index is 13.3. The monoisotopic (exact) mass is 573 g/mol. The number of amides is 1. The molecular weight excluding hydrogens is 542 g/mol. The van der Waals surface area contributed by atoms with E-state index in [1.165, 1.54) is 47.8 Å². The van der Waals surface area contributed by atoms with Crippen LogP contribution in [0.3, 0.4) is 0 Å². The zero-order chi connectivity index (χ0) is 27.5. The molecule has 0 saturated carbocycles. The molecule has 204 valence electrons. The molecule has 0 bridgehead atoms. The van der Waals surface area contributed by atoms with Gasteiger partial charge in [0, 0.05) is 35.8 Å². The number of benzene rings is 2. The van der Waals surface area contributed by atoms with Crippen molar-refractivity contribution in [2.75, 3.05) is 37.7 Å². The van der Waals surface area contributed by atoms with Crippen LogP contribution in [-0.2, 0) is 31.3 Å². The Balaban J connectivity index is 1.99. The number of halogens is 1. The predicted octanol–water partition coefficient (Wildman–Crippen LogP) is 2.18. The third-order valence-electron chi connectivity index (χ3n) is 6.30. The first-order chi connectivity index (χ1) is 17.2. The molecule has 37 heavy (non-hydrogen) atoms. The van der Waals surface area contributed by atoms with Crippen LogP contribution >= 0.6 is 11.6 Å². The van der Waals surface area contributed by atoms with Crippen molar-refractivity contribution in [3.05, 3.63) is 53.1 Å². The van der Waals surface area contributed by atoms with Crippen LogP contribution in [0.5, 0.6) is 5.75 Å². The van der Waals surface area contributed by atoms with Gasteiger partial charge in [-0.2, -0.15) is 0 Å². The Morgan fingerprint density at radius 2 is 1.84 bits per heavy atom. The second-order valence-electron chi connectivity index (χ2n) is 9.31. The highest BCUT2D eigenvalue weighted by Crippen LogP contribution is 2.30. The lowest BCUT2D eigenvalue weighted by atomic mass is 10.0. The second-order valence-corrected chi connectivity index (χ2v) is 13.5. The van der Waals surface area contributed by atoms with E-state index in [1.807, 2.05) is 6.92 Å². The molecule has 1 aliphatic rings. The molecule has 0 fully saturated rings. The van der Waals surface area contributed by atoms with Gasteiger partial charge in [-0.1, -0.05) is 18.5 Å². The van der Waals surface area contributed by atoms with Crippen LogP contribution in [0.15, 0.2) is 47.4 Å². The molecule has 3 atom stereocenters. The Kier molecular flexibility index (Phi) is 9.12. The van der Waals surface area contributed by atoms with Crippen LogP contribution in [-0.4, -0.2) is 82.2 Å². The third kappa shape index (κ3) is 7.35. The summed E-state index contributed by atoms with van der Waals surface area (Å²) in [5.74, 6) is -0.204. The number of nitrogens with zero attached hydrogens (tertiary/aromatic N) is 2. The summed E-state index contributed by atoms with van der Waals surface area (Å²) in [6, 6.07) is 9.84. The number of ether oxygens (including phenoxy) is 1. The van der Waals surface area contributed by atoms with Gasteiger partial charge in [0.05, 0.1) is 36.8 Å². The van der Waals surface area contributed by atoms with Crippen molar-refractivity contribution in [1.29, 1.82) is 0 Å². The summed E-state index contributed by atoms with van der Waals surface area (Å²) in [7, 11) is -5.96. The Morgan fingerprint density at radius 3 is 2.43 bits per heavy atom. The second kappa shape index (κ2) is 11.6. The number of hydrogen-bond acceptors (Lipinski definition) is 7. The molecule has 0 saturated heterocycles. The zero-order valence-corrected chi connectivity index (χ0v) is 23.5. The number of carbonyl (C=O) groups excluding carboxylic acids is 1. The molecule has 1 amide bonds. The van der Waals surface area contributed by atoms with Gasteiger partial charge in [0.25, 0.3) is 10.0 Å². The van der Waals surface area contributed by atoms with Crippen LogP contribution < -0.4 is 9.46 Å². The van der Waals surface area contributed by atoms with Crippen molar-refractivity contribution in [2.45, 2.75) is 37.3 Å². The summed E-state index contributed by atoms with van der Waals surface area (Å²) >= 11 is 5.86. The normalized spacial score (nSPS) is 19.9. The molecular formula is C24H32ClN3O7S2. The van der Waals surface area contributed by atoms with E-state index < -0.39 is 32.2 Å². The number of hydrogen-bond donors (Lipinski definition) is 2. The molecule has 0 unspecified atom stereocenters. The number of carbonyl (C=O) groups is 1. The molecule has 0 radical (unpaired) electrons. The summed E-state index contributed by atoms with van der Waals surface area (Å²) in [5, 5.41) is 10.1. The lowest BCUT2D eigenvalue weighted by molar-refractivity contribution is -0.134. The summed E-state index contributed by atoms with van der Waals surface area (Å²) < 4.78 is 59.8. The lowest BCUT2D eigenvalue weighted by Gasteiger charge is -2.33. The van der Waals surface area contributed by atoms with Gasteiger partial charge in [-0.15, -0.1) is 0 Å². The minimum Gasteiger partial charge on any atom is -0.488 e. The van der Waals surface area contributed by atoms with Gasteiger partial charge in [0.15, 0.2) is 0 Å². The van der Waals surface area contributed by atoms with Crippen molar-refractivity contribution in [2.24, 2.45) is 5.92 Å². The molecule has 10 nitrogen and oxygen atoms in total. The van der Waals surface area contributed by atoms with Crippen molar-refractivity contribution >= 4 is 43.2 Å². The minimum atomic E-state index is -3.92. The van der Waals surface area contributed by atoms with E-state index in [-0.39, 0.29) is 48.5 Å². The number of aliphatic hydroxyl groups excluding tert-OH is 1. The fourth-order valence-corrected chi connectivity index (χ4v) is 5.52. The average molecular weight is 574 g/mol. The van der Waals surface area contributed by atoms with E-state index in [1.54, 1.807) is 17.9 Å². The Bertz CT molecular complexity index is 1330. The van der Waals surface area contributed by atoms with Crippen LogP contribution in [0.25, 0.3) is 0 Å². The first-order valence-electron chi connectivity index (χ1n) is 11.6. The summed E-state index contributed by atoms with van der Waals surface area (Å²) in [6.45, 7) is 3.61. The number of nitrogens with one attached hydrogen (secondary N) is 1. The van der Waals surface area contributed by atoms with E-state index in [9.17, 15) is 26.7 Å². The lowest BCUT2D eigenvalue weighted by Crippen LogP contribution is -2.48. The first-order valence-corrected chi connectivity index (χ1v) is 15.3. The molecule has 2 N–H and O–H groups in total. The number of fused-ring (bicyclic) bond motifs is 1. The quantitative estimate of drug-likeness (QED) is 0.494. The van der Waals surface area contributed by atoms with Gasteiger partial charge in [-0.3, -0.25) is 9.52 Å². The van der Waals surface area contributed by atoms with Gasteiger partial charge >= 0.3 is 0 Å². The maximum Gasteiger partial charge on any atom is 0.261 e. The standard InChI is InChI=1S/C24H32ClN3O7S2/c1-16-13-28(17(2)15-29)24(30)12-18-11-20(26-37(33,34)21-8-5-19(25)6-9-21)7-10-22(18)35-23(16)14-27(3)36(4,31)32/h5-11,16-17,23,26,29H,12-15H2,1-4H3/t16-,17-,23-/m1/s1. The molecule has 1 aliphatic heterocycles. The highest BCUT2D eigenvalue weighted by atomic mass is 35.5. The fraction of sp³-hybridized carbons (Fsp3) is 0.458. The van der Waals surface area contributed by atoms with Crippen LogP contribution in [0.2, 0.25) is 5.02 Å². The van der Waals surface area contributed by atoms with Crippen LogP contribution in [0, 0.1) is 5.92 Å². The molecule has 3 rings (SSSR count). The average Bonchev–Trinajstić information content (AvgIpc) is 2.86. The van der Waals surface area contributed by atoms with Crippen LogP contribution in [0.4, 0.5) is 5.69 Å². The topological polar surface area (TPSA) is 133 Å². The van der Waals surface area contributed by atoms with E-state index in [0.29, 0.717) is 16.3 Å². The Morgan fingerprint density at radius 1 is 1.19 bits per heavy atom. The third-order valence-corrected chi connectivity index (χ3v) is 9.23. The molecule has 1 heterocycles. The van der Waals surface area contributed by atoms with Gasteiger partial charge in [-0.25, -0.2) is 21.1 Å². The fourth-order valence-electron chi connectivity index (χ4n) is 3.93. The number of rotatable bonds is 8. The zero-order valence-electron chi connectivity index (χ0n) is 21.1.